The van der Waals surface area contributed by atoms with E-state index < -0.39 is 0 Å². The number of aromatic amines is 1. The molecule has 0 amide bonds. The molecule has 30 heavy (non-hydrogen) atoms. The number of piperidine rings is 1. The predicted octanol–water partition coefficient (Wildman–Crippen LogP) is 3.31. The first-order valence-corrected chi connectivity index (χ1v) is 10.7. The fourth-order valence-corrected chi connectivity index (χ4v) is 4.75. The van der Waals surface area contributed by atoms with Gasteiger partial charge in [-0.1, -0.05) is 12.1 Å². The van der Waals surface area contributed by atoms with Crippen LogP contribution in [0.1, 0.15) is 18.4 Å². The Morgan fingerprint density at radius 1 is 1.03 bits per heavy atom. The molecule has 7 nitrogen and oxygen atoms in total. The van der Waals surface area contributed by atoms with E-state index in [1.54, 1.807) is 6.20 Å². The molecule has 6 rings (SSSR count). The van der Waals surface area contributed by atoms with Gasteiger partial charge in [-0.3, -0.25) is 0 Å². The fraction of sp³-hybridized carbons (Fsp3) is 0.348. The number of nitrogens with one attached hydrogen (secondary N) is 3. The van der Waals surface area contributed by atoms with Crippen LogP contribution in [-0.4, -0.2) is 46.1 Å². The fourth-order valence-electron chi connectivity index (χ4n) is 4.75. The Labute approximate surface area is 174 Å². The molecule has 0 radical (unpaired) electrons. The third-order valence-electron chi connectivity index (χ3n) is 6.53. The Bertz CT molecular complexity index is 1200. The minimum atomic E-state index is 0.483. The summed E-state index contributed by atoms with van der Waals surface area (Å²) in [7, 11) is 0. The summed E-state index contributed by atoms with van der Waals surface area (Å²) >= 11 is 0. The molecule has 3 N–H and O–H groups in total. The second-order valence-electron chi connectivity index (χ2n) is 8.63. The van der Waals surface area contributed by atoms with Crippen LogP contribution in [0.3, 0.4) is 0 Å². The molecule has 0 saturated carbocycles. The van der Waals surface area contributed by atoms with E-state index in [0.29, 0.717) is 17.6 Å². The molecular weight excluding hydrogens is 374 g/mol. The topological polar surface area (TPSA) is 81.8 Å². The number of hydrogen-bond acceptors (Lipinski definition) is 6. The molecule has 2 saturated heterocycles. The van der Waals surface area contributed by atoms with Crippen LogP contribution in [0.25, 0.3) is 22.1 Å². The smallest absolute Gasteiger partial charge is 0.182 e. The highest BCUT2D eigenvalue weighted by molar-refractivity contribution is 5.80. The third-order valence-corrected chi connectivity index (χ3v) is 6.53. The molecule has 7 heteroatoms. The molecule has 1 spiro atoms. The number of nitrogens with zero attached hydrogens (tertiary/aromatic N) is 4. The van der Waals surface area contributed by atoms with Crippen molar-refractivity contribution in [3.8, 4) is 0 Å². The summed E-state index contributed by atoms with van der Waals surface area (Å²) in [5.74, 6) is 1.76. The van der Waals surface area contributed by atoms with Crippen LogP contribution in [0, 0.1) is 5.41 Å². The molecule has 0 bridgehead atoms. The van der Waals surface area contributed by atoms with Gasteiger partial charge >= 0.3 is 0 Å². The zero-order valence-corrected chi connectivity index (χ0v) is 16.9. The molecule has 0 atom stereocenters. The maximum absolute atomic E-state index is 4.82. The normalized spacial score (nSPS) is 18.1. The van der Waals surface area contributed by atoms with Gasteiger partial charge in [0.2, 0.25) is 0 Å². The zero-order valence-electron chi connectivity index (χ0n) is 16.9. The van der Waals surface area contributed by atoms with Crippen LogP contribution in [-0.2, 0) is 6.54 Å². The number of rotatable bonds is 4. The van der Waals surface area contributed by atoms with E-state index in [1.807, 2.05) is 12.3 Å². The summed E-state index contributed by atoms with van der Waals surface area (Å²) in [6.07, 6.45) is 6.27. The number of anilines is 2. The molecular formula is C23H25N7. The molecule has 1 aromatic carbocycles. The second kappa shape index (κ2) is 6.95. The summed E-state index contributed by atoms with van der Waals surface area (Å²) in [5, 5.41) is 8.07. The van der Waals surface area contributed by atoms with Crippen molar-refractivity contribution in [1.82, 2.24) is 25.3 Å². The van der Waals surface area contributed by atoms with E-state index >= 15 is 0 Å². The second-order valence-corrected chi connectivity index (χ2v) is 8.63. The first-order chi connectivity index (χ1) is 14.8. The summed E-state index contributed by atoms with van der Waals surface area (Å²) in [6, 6.07) is 12.6. The Hall–Kier alpha value is -3.19. The molecule has 2 aliphatic rings. The molecule has 2 aliphatic heterocycles. The van der Waals surface area contributed by atoms with Crippen LogP contribution in [0.4, 0.5) is 11.6 Å². The van der Waals surface area contributed by atoms with Crippen molar-refractivity contribution in [3.63, 3.8) is 0 Å². The summed E-state index contributed by atoms with van der Waals surface area (Å²) in [4.78, 5) is 19.7. The van der Waals surface area contributed by atoms with Crippen molar-refractivity contribution in [2.24, 2.45) is 5.41 Å². The van der Waals surface area contributed by atoms with Crippen molar-refractivity contribution in [1.29, 1.82) is 0 Å². The van der Waals surface area contributed by atoms with E-state index in [-0.39, 0.29) is 0 Å². The van der Waals surface area contributed by atoms with Crippen molar-refractivity contribution in [3.05, 3.63) is 54.4 Å². The van der Waals surface area contributed by atoms with Crippen molar-refractivity contribution >= 4 is 33.7 Å². The van der Waals surface area contributed by atoms with Gasteiger partial charge in [-0.05, 0) is 61.1 Å². The Kier molecular flexibility index (Phi) is 4.09. The van der Waals surface area contributed by atoms with E-state index in [0.717, 1.165) is 48.8 Å². The molecule has 152 valence electrons. The van der Waals surface area contributed by atoms with Crippen LogP contribution < -0.4 is 15.5 Å². The maximum atomic E-state index is 4.82. The number of fused-ring (bicyclic) bond motifs is 2. The summed E-state index contributed by atoms with van der Waals surface area (Å²) in [5.41, 5.74) is 4.35. The SMILES string of the molecule is c1cc2ccc(CNc3cnc4ccc(N5CC6(CCNCC6)C5)nc4n3)cc2[nH]1. The number of aromatic nitrogens is 4. The minimum absolute atomic E-state index is 0.483. The Balaban J connectivity index is 1.18. The van der Waals surface area contributed by atoms with Gasteiger partial charge in [-0.2, -0.15) is 0 Å². The molecule has 0 aliphatic carbocycles. The number of pyridine rings is 1. The standard InChI is InChI=1S/C23H25N7/c1-2-17-5-8-25-19(17)11-16(1)12-27-20-13-26-18-3-4-21(29-22(18)28-20)30-14-23(15-30)6-9-24-10-7-23/h1-5,8,11,13,24-25H,6-7,9-10,12,14-15H2,(H,27,28,29). The van der Waals surface area contributed by atoms with Crippen molar-refractivity contribution in [2.75, 3.05) is 36.4 Å². The summed E-state index contributed by atoms with van der Waals surface area (Å²) < 4.78 is 0. The number of benzene rings is 1. The first-order valence-electron chi connectivity index (χ1n) is 10.7. The molecule has 0 unspecified atom stereocenters. The lowest BCUT2D eigenvalue weighted by atomic mass is 9.72. The average Bonchev–Trinajstić information content (AvgIpc) is 3.24. The highest BCUT2D eigenvalue weighted by Crippen LogP contribution is 2.40. The number of hydrogen-bond donors (Lipinski definition) is 3. The maximum Gasteiger partial charge on any atom is 0.182 e. The van der Waals surface area contributed by atoms with E-state index in [9.17, 15) is 0 Å². The average molecular weight is 400 g/mol. The van der Waals surface area contributed by atoms with Gasteiger partial charge in [0.25, 0.3) is 0 Å². The minimum Gasteiger partial charge on any atom is -0.365 e. The lowest BCUT2D eigenvalue weighted by Gasteiger charge is -2.53. The van der Waals surface area contributed by atoms with E-state index in [1.165, 1.54) is 23.8 Å². The largest absolute Gasteiger partial charge is 0.365 e. The van der Waals surface area contributed by atoms with Gasteiger partial charge in [0, 0.05) is 36.8 Å². The van der Waals surface area contributed by atoms with Crippen LogP contribution in [0.15, 0.2) is 48.8 Å². The Morgan fingerprint density at radius 3 is 2.83 bits per heavy atom. The van der Waals surface area contributed by atoms with Gasteiger partial charge < -0.3 is 20.5 Å². The van der Waals surface area contributed by atoms with E-state index in [4.69, 9.17) is 9.97 Å². The Morgan fingerprint density at radius 2 is 1.93 bits per heavy atom. The summed E-state index contributed by atoms with van der Waals surface area (Å²) in [6.45, 7) is 5.16. The van der Waals surface area contributed by atoms with Crippen LogP contribution in [0.5, 0.6) is 0 Å². The predicted molar refractivity (Wildman–Crippen MR) is 120 cm³/mol. The van der Waals surface area contributed by atoms with E-state index in [2.05, 4.69) is 55.8 Å². The lowest BCUT2D eigenvalue weighted by Crippen LogP contribution is -2.60. The monoisotopic (exact) mass is 399 g/mol. The van der Waals surface area contributed by atoms with Gasteiger partial charge in [0.15, 0.2) is 5.65 Å². The van der Waals surface area contributed by atoms with Crippen molar-refractivity contribution in [2.45, 2.75) is 19.4 Å². The van der Waals surface area contributed by atoms with Crippen LogP contribution in [0.2, 0.25) is 0 Å². The molecule has 4 aromatic rings. The first kappa shape index (κ1) is 17.7. The molecule has 3 aromatic heterocycles. The van der Waals surface area contributed by atoms with Gasteiger partial charge in [0.1, 0.15) is 17.2 Å². The van der Waals surface area contributed by atoms with Gasteiger partial charge in [-0.15, -0.1) is 0 Å². The van der Waals surface area contributed by atoms with Gasteiger partial charge in [-0.25, -0.2) is 15.0 Å². The van der Waals surface area contributed by atoms with Crippen molar-refractivity contribution < 1.29 is 0 Å². The quantitative estimate of drug-likeness (QED) is 0.488. The third kappa shape index (κ3) is 3.15. The number of H-pyrrole nitrogens is 1. The highest BCUT2D eigenvalue weighted by atomic mass is 15.3. The zero-order chi connectivity index (χ0) is 20.0. The molecule has 2 fully saturated rings. The molecule has 5 heterocycles. The van der Waals surface area contributed by atoms with Gasteiger partial charge in [0.05, 0.1) is 6.20 Å². The lowest BCUT2D eigenvalue weighted by molar-refractivity contribution is 0.149. The highest BCUT2D eigenvalue weighted by Gasteiger charge is 2.43. The van der Waals surface area contributed by atoms with Crippen LogP contribution >= 0.6 is 0 Å².